The third-order valence-electron chi connectivity index (χ3n) is 6.17. The number of hydrogen-bond donors (Lipinski definition) is 0. The summed E-state index contributed by atoms with van der Waals surface area (Å²) in [6.45, 7) is 0.799. The molecule has 5 rings (SSSR count). The molecule has 176 valence electrons. The molecule has 2 aromatic carbocycles. The molecule has 0 N–H and O–H groups in total. The first kappa shape index (κ1) is 22.4. The van der Waals surface area contributed by atoms with E-state index in [-0.39, 0.29) is 17.2 Å². The van der Waals surface area contributed by atoms with Crippen molar-refractivity contribution in [1.82, 2.24) is 14.3 Å². The summed E-state index contributed by atoms with van der Waals surface area (Å²) >= 11 is 0. The van der Waals surface area contributed by atoms with Crippen LogP contribution in [-0.4, -0.2) is 47.3 Å². The number of aromatic nitrogens is 2. The Balaban J connectivity index is 1.56. The zero-order valence-electron chi connectivity index (χ0n) is 18.4. The topological polar surface area (TPSA) is 119 Å². The van der Waals surface area contributed by atoms with Crippen LogP contribution in [-0.2, 0) is 27.7 Å². The molecule has 0 saturated carbocycles. The van der Waals surface area contributed by atoms with Gasteiger partial charge in [-0.15, -0.1) is 0 Å². The average Bonchev–Trinajstić information content (AvgIpc) is 3.19. The van der Waals surface area contributed by atoms with Crippen molar-refractivity contribution in [3.05, 3.63) is 87.9 Å². The molecule has 0 aliphatic carbocycles. The van der Waals surface area contributed by atoms with Crippen LogP contribution in [0, 0.1) is 10.1 Å². The maximum atomic E-state index is 13.7. The van der Waals surface area contributed by atoms with Crippen molar-refractivity contribution in [2.24, 2.45) is 0 Å². The van der Waals surface area contributed by atoms with Crippen LogP contribution in [0.3, 0.4) is 0 Å². The third-order valence-corrected chi connectivity index (χ3v) is 8.07. The quantitative estimate of drug-likeness (QED) is 0.389. The molecular formula is C23H23N5O5S. The van der Waals surface area contributed by atoms with Gasteiger partial charge in [-0.25, -0.2) is 18.4 Å². The Labute approximate surface area is 197 Å². The number of sulfonamides is 1. The summed E-state index contributed by atoms with van der Waals surface area (Å²) in [5.41, 5.74) is 2.17. The number of non-ortho nitro benzene ring substituents is 1. The Hall–Kier alpha value is -3.41. The van der Waals surface area contributed by atoms with E-state index in [0.717, 1.165) is 17.3 Å². The lowest BCUT2D eigenvalue weighted by molar-refractivity contribution is -0.385. The second-order valence-electron chi connectivity index (χ2n) is 8.37. The van der Waals surface area contributed by atoms with Gasteiger partial charge in [-0.3, -0.25) is 10.1 Å². The van der Waals surface area contributed by atoms with Crippen molar-refractivity contribution in [1.29, 1.82) is 0 Å². The normalized spacial score (nSPS) is 19.9. The lowest BCUT2D eigenvalue weighted by Crippen LogP contribution is -2.38. The molecule has 1 saturated heterocycles. The highest BCUT2D eigenvalue weighted by Crippen LogP contribution is 2.44. The Morgan fingerprint density at radius 1 is 1.18 bits per heavy atom. The highest BCUT2D eigenvalue weighted by atomic mass is 32.2. The fourth-order valence-corrected chi connectivity index (χ4v) is 6.32. The SMILES string of the molecule is CN(Cc1ccccc1)c1ncnc2c1[C@@H]1OC[C@H](CC2)N1S(=O)(=O)c1cccc([N+](=O)[O-])c1. The lowest BCUT2D eigenvalue weighted by atomic mass is 10.1. The van der Waals surface area contributed by atoms with E-state index in [0.29, 0.717) is 30.8 Å². The molecular weight excluding hydrogens is 458 g/mol. The monoisotopic (exact) mass is 481 g/mol. The third kappa shape index (κ3) is 3.91. The number of hydrogen-bond acceptors (Lipinski definition) is 8. The molecule has 3 heterocycles. The van der Waals surface area contributed by atoms with Gasteiger partial charge in [0, 0.05) is 25.7 Å². The number of nitrogens with zero attached hydrogens (tertiary/aromatic N) is 5. The van der Waals surface area contributed by atoms with Crippen LogP contribution < -0.4 is 4.90 Å². The van der Waals surface area contributed by atoms with Gasteiger partial charge in [0.25, 0.3) is 5.69 Å². The van der Waals surface area contributed by atoms with E-state index in [4.69, 9.17) is 4.74 Å². The van der Waals surface area contributed by atoms with Gasteiger partial charge >= 0.3 is 0 Å². The van der Waals surface area contributed by atoms with Crippen LogP contribution in [0.4, 0.5) is 11.5 Å². The Morgan fingerprint density at radius 2 is 1.97 bits per heavy atom. The smallest absolute Gasteiger partial charge is 0.270 e. The summed E-state index contributed by atoms with van der Waals surface area (Å²) in [5.74, 6) is 0.598. The largest absolute Gasteiger partial charge is 0.356 e. The number of rotatable bonds is 6. The summed E-state index contributed by atoms with van der Waals surface area (Å²) in [4.78, 5) is 21.4. The van der Waals surface area contributed by atoms with Gasteiger partial charge in [-0.2, -0.15) is 4.31 Å². The van der Waals surface area contributed by atoms with Crippen LogP contribution in [0.2, 0.25) is 0 Å². The van der Waals surface area contributed by atoms with Gasteiger partial charge < -0.3 is 9.64 Å². The number of ether oxygens (including phenoxy) is 1. The number of aryl methyl sites for hydroxylation is 1. The molecule has 1 fully saturated rings. The molecule has 2 atom stereocenters. The molecule has 0 spiro atoms. The Bertz CT molecular complexity index is 1330. The number of nitro benzene ring substituents is 1. The van der Waals surface area contributed by atoms with Gasteiger partial charge in [-0.05, 0) is 24.5 Å². The van der Waals surface area contributed by atoms with Crippen LogP contribution in [0.1, 0.15) is 29.5 Å². The number of benzene rings is 2. The maximum absolute atomic E-state index is 13.7. The first-order valence-corrected chi connectivity index (χ1v) is 12.3. The zero-order valence-corrected chi connectivity index (χ0v) is 19.3. The summed E-state index contributed by atoms with van der Waals surface area (Å²) in [7, 11) is -2.20. The molecule has 0 unspecified atom stereocenters. The van der Waals surface area contributed by atoms with E-state index >= 15 is 0 Å². The molecule has 10 nitrogen and oxygen atoms in total. The Kier molecular flexibility index (Phi) is 5.76. The standard InChI is InChI=1S/C23H23N5O5S/c1-26(13-16-6-3-2-4-7-16)22-21-20(24-15-25-22)11-10-18-14-33-23(21)27(18)34(31,32)19-9-5-8-17(12-19)28(29)30/h2-9,12,15,18,23H,10-11,13-14H2,1H3/t18-,23-/m0/s1. The minimum absolute atomic E-state index is 0.137. The van der Waals surface area contributed by atoms with Crippen molar-refractivity contribution in [3.63, 3.8) is 0 Å². The van der Waals surface area contributed by atoms with Crippen molar-refractivity contribution in [3.8, 4) is 0 Å². The van der Waals surface area contributed by atoms with Gasteiger partial charge in [0.2, 0.25) is 10.0 Å². The van der Waals surface area contributed by atoms with Crippen molar-refractivity contribution in [2.45, 2.75) is 36.6 Å². The molecule has 0 radical (unpaired) electrons. The molecule has 0 amide bonds. The van der Waals surface area contributed by atoms with Gasteiger partial charge in [-0.1, -0.05) is 36.4 Å². The van der Waals surface area contributed by atoms with Crippen LogP contribution in [0.25, 0.3) is 0 Å². The predicted octanol–water partition coefficient (Wildman–Crippen LogP) is 3.06. The fourth-order valence-electron chi connectivity index (χ4n) is 4.58. The fraction of sp³-hybridized carbons (Fsp3) is 0.304. The highest BCUT2D eigenvalue weighted by Gasteiger charge is 2.48. The number of anilines is 1. The summed E-state index contributed by atoms with van der Waals surface area (Å²) < 4.78 is 34.8. The molecule has 2 aliphatic heterocycles. The van der Waals surface area contributed by atoms with Gasteiger partial charge in [0.05, 0.1) is 33.7 Å². The van der Waals surface area contributed by atoms with Crippen molar-refractivity contribution < 1.29 is 18.1 Å². The van der Waals surface area contributed by atoms with E-state index in [1.807, 2.05) is 42.3 Å². The Morgan fingerprint density at radius 3 is 2.74 bits per heavy atom. The van der Waals surface area contributed by atoms with E-state index in [1.54, 1.807) is 0 Å². The average molecular weight is 482 g/mol. The van der Waals surface area contributed by atoms with E-state index < -0.39 is 27.2 Å². The zero-order chi connectivity index (χ0) is 23.9. The maximum Gasteiger partial charge on any atom is 0.270 e. The summed E-state index contributed by atoms with van der Waals surface area (Å²) in [6, 6.07) is 14.6. The second-order valence-corrected chi connectivity index (χ2v) is 10.2. The first-order chi connectivity index (χ1) is 16.4. The van der Waals surface area contributed by atoms with E-state index in [1.165, 1.54) is 28.8 Å². The van der Waals surface area contributed by atoms with E-state index in [9.17, 15) is 18.5 Å². The minimum atomic E-state index is -4.09. The van der Waals surface area contributed by atoms with E-state index in [2.05, 4.69) is 9.97 Å². The molecule has 2 aliphatic rings. The highest BCUT2D eigenvalue weighted by molar-refractivity contribution is 7.89. The molecule has 34 heavy (non-hydrogen) atoms. The lowest BCUT2D eigenvalue weighted by Gasteiger charge is -2.28. The van der Waals surface area contributed by atoms with Gasteiger partial charge in [0.1, 0.15) is 12.1 Å². The first-order valence-electron chi connectivity index (χ1n) is 10.8. The molecule has 11 heteroatoms. The van der Waals surface area contributed by atoms with Crippen molar-refractivity contribution >= 4 is 21.5 Å². The molecule has 1 aromatic heterocycles. The summed E-state index contributed by atoms with van der Waals surface area (Å²) in [6.07, 6.45) is 1.68. The van der Waals surface area contributed by atoms with Crippen LogP contribution >= 0.6 is 0 Å². The van der Waals surface area contributed by atoms with Gasteiger partial charge in [0.15, 0.2) is 6.23 Å². The van der Waals surface area contributed by atoms with Crippen LogP contribution in [0.5, 0.6) is 0 Å². The molecule has 3 aromatic rings. The predicted molar refractivity (Wildman–Crippen MR) is 124 cm³/mol. The second kappa shape index (κ2) is 8.75. The summed E-state index contributed by atoms with van der Waals surface area (Å²) in [5, 5.41) is 11.2. The van der Waals surface area contributed by atoms with Crippen LogP contribution in [0.15, 0.2) is 65.8 Å². The number of nitro groups is 1. The van der Waals surface area contributed by atoms with Crippen molar-refractivity contribution in [2.75, 3.05) is 18.6 Å². The molecule has 2 bridgehead atoms. The number of fused-ring (bicyclic) bond motifs is 4. The minimum Gasteiger partial charge on any atom is -0.356 e.